The molecule has 0 saturated carbocycles. The van der Waals surface area contributed by atoms with Crippen molar-refractivity contribution in [2.75, 3.05) is 33.4 Å². The van der Waals surface area contributed by atoms with E-state index < -0.39 is 6.29 Å². The summed E-state index contributed by atoms with van der Waals surface area (Å²) in [5.74, 6) is 0.877. The lowest BCUT2D eigenvalue weighted by Crippen LogP contribution is -2.31. The first kappa shape index (κ1) is 22.6. The second-order valence-electron chi connectivity index (χ2n) is 7.60. The average molecular weight is 356 g/mol. The quantitative estimate of drug-likeness (QED) is 0.282. The molecule has 0 bridgehead atoms. The highest BCUT2D eigenvalue weighted by molar-refractivity contribution is 4.93. The van der Waals surface area contributed by atoms with Gasteiger partial charge in [0.25, 0.3) is 0 Å². The van der Waals surface area contributed by atoms with E-state index in [0.29, 0.717) is 18.4 Å². The molecule has 0 aromatic heterocycles. The van der Waals surface area contributed by atoms with Gasteiger partial charge in [0.05, 0.1) is 6.61 Å². The zero-order valence-electron chi connectivity index (χ0n) is 16.7. The van der Waals surface area contributed by atoms with Gasteiger partial charge in [0.2, 0.25) is 0 Å². The van der Waals surface area contributed by atoms with Gasteiger partial charge in [0.15, 0.2) is 6.29 Å². The van der Waals surface area contributed by atoms with E-state index in [4.69, 9.17) is 4.74 Å². The third-order valence-corrected chi connectivity index (χ3v) is 5.58. The van der Waals surface area contributed by atoms with Crippen molar-refractivity contribution in [2.24, 2.45) is 17.8 Å². The van der Waals surface area contributed by atoms with Crippen molar-refractivity contribution in [2.45, 2.75) is 71.5 Å². The number of rotatable bonds is 14. The van der Waals surface area contributed by atoms with E-state index in [1.165, 1.54) is 38.5 Å². The lowest BCUT2D eigenvalue weighted by Gasteiger charge is -2.28. The molecule has 2 N–H and O–H groups in total. The third-order valence-electron chi connectivity index (χ3n) is 5.58. The predicted molar refractivity (Wildman–Crippen MR) is 104 cm³/mol. The Labute approximate surface area is 155 Å². The normalized spacial score (nSPS) is 23.1. The van der Waals surface area contributed by atoms with Crippen LogP contribution in [-0.4, -0.2) is 54.8 Å². The van der Waals surface area contributed by atoms with Crippen molar-refractivity contribution in [1.82, 2.24) is 4.90 Å². The number of ether oxygens (including phenoxy) is 1. The fraction of sp³-hybridized carbons (Fsp3) is 0.905. The molecule has 1 heterocycles. The van der Waals surface area contributed by atoms with Gasteiger partial charge >= 0.3 is 0 Å². The number of aliphatic hydroxyl groups is 2. The largest absolute Gasteiger partial charge is 0.383 e. The summed E-state index contributed by atoms with van der Waals surface area (Å²) >= 11 is 0. The Morgan fingerprint density at radius 2 is 1.80 bits per heavy atom. The smallest absolute Gasteiger partial charge is 0.155 e. The number of aliphatic hydroxyl groups excluding tert-OH is 1. The van der Waals surface area contributed by atoms with E-state index >= 15 is 0 Å². The molecule has 0 amide bonds. The fourth-order valence-electron chi connectivity index (χ4n) is 4.05. The van der Waals surface area contributed by atoms with E-state index in [9.17, 15) is 10.2 Å². The Hall–Kier alpha value is -0.420. The molecule has 0 spiro atoms. The molecule has 3 atom stereocenters. The maximum Gasteiger partial charge on any atom is 0.155 e. The van der Waals surface area contributed by atoms with Gasteiger partial charge in [-0.2, -0.15) is 0 Å². The molecule has 4 nitrogen and oxygen atoms in total. The molecule has 1 aliphatic heterocycles. The van der Waals surface area contributed by atoms with Gasteiger partial charge in [0, 0.05) is 32.7 Å². The Morgan fingerprint density at radius 3 is 2.44 bits per heavy atom. The summed E-state index contributed by atoms with van der Waals surface area (Å²) < 4.78 is 5.20. The van der Waals surface area contributed by atoms with Crippen LogP contribution in [0.5, 0.6) is 0 Å². The van der Waals surface area contributed by atoms with Crippen molar-refractivity contribution < 1.29 is 14.9 Å². The van der Waals surface area contributed by atoms with E-state index in [0.717, 1.165) is 32.5 Å². The first-order valence-corrected chi connectivity index (χ1v) is 10.4. The molecule has 0 aliphatic carbocycles. The number of hydrogen-bond acceptors (Lipinski definition) is 4. The minimum absolute atomic E-state index is 0.0346. The molecule has 0 radical (unpaired) electrons. The molecular formula is C21H41NO3. The molecule has 3 unspecified atom stereocenters. The van der Waals surface area contributed by atoms with Gasteiger partial charge in [0.1, 0.15) is 0 Å². The van der Waals surface area contributed by atoms with Gasteiger partial charge in [-0.3, -0.25) is 0 Å². The van der Waals surface area contributed by atoms with Crippen LogP contribution in [0.25, 0.3) is 0 Å². The van der Waals surface area contributed by atoms with Gasteiger partial charge < -0.3 is 19.8 Å². The second kappa shape index (κ2) is 13.7. The second-order valence-corrected chi connectivity index (χ2v) is 7.60. The van der Waals surface area contributed by atoms with Crippen LogP contribution in [0, 0.1) is 17.8 Å². The number of hydrogen-bond donors (Lipinski definition) is 2. The molecule has 1 rings (SSSR count). The van der Waals surface area contributed by atoms with E-state index in [1.54, 1.807) is 7.11 Å². The maximum absolute atomic E-state index is 9.91. The van der Waals surface area contributed by atoms with Crippen LogP contribution in [0.15, 0.2) is 12.2 Å². The summed E-state index contributed by atoms with van der Waals surface area (Å²) in [6.45, 7) is 7.77. The highest BCUT2D eigenvalue weighted by Crippen LogP contribution is 2.36. The van der Waals surface area contributed by atoms with Crippen LogP contribution < -0.4 is 0 Å². The topological polar surface area (TPSA) is 52.9 Å². The number of methoxy groups -OCH3 is 1. The fourth-order valence-corrected chi connectivity index (χ4v) is 4.05. The number of allylic oxidation sites excluding steroid dienone is 2. The summed E-state index contributed by atoms with van der Waals surface area (Å²) in [7, 11) is 1.72. The SMILES string of the molecule is CCCC=CCC(CCCCCC)C1CN(CCOC)CC1C(O)O. The Kier molecular flexibility index (Phi) is 12.4. The van der Waals surface area contributed by atoms with Crippen LogP contribution in [0.1, 0.15) is 65.2 Å². The van der Waals surface area contributed by atoms with Crippen molar-refractivity contribution in [3.8, 4) is 0 Å². The van der Waals surface area contributed by atoms with Crippen LogP contribution >= 0.6 is 0 Å². The first-order valence-electron chi connectivity index (χ1n) is 10.4. The minimum Gasteiger partial charge on any atom is -0.383 e. The zero-order chi connectivity index (χ0) is 18.5. The first-order chi connectivity index (χ1) is 12.1. The molecule has 1 fully saturated rings. The van der Waals surface area contributed by atoms with Crippen molar-refractivity contribution in [3.05, 3.63) is 12.2 Å². The Morgan fingerprint density at radius 1 is 1.04 bits per heavy atom. The van der Waals surface area contributed by atoms with Crippen molar-refractivity contribution in [1.29, 1.82) is 0 Å². The highest BCUT2D eigenvalue weighted by atomic mass is 16.5. The monoisotopic (exact) mass is 355 g/mol. The highest BCUT2D eigenvalue weighted by Gasteiger charge is 2.40. The molecule has 0 aromatic carbocycles. The molecule has 148 valence electrons. The van der Waals surface area contributed by atoms with Crippen LogP contribution in [0.3, 0.4) is 0 Å². The molecule has 0 aromatic rings. The third kappa shape index (κ3) is 8.67. The van der Waals surface area contributed by atoms with Gasteiger partial charge in [-0.15, -0.1) is 0 Å². The van der Waals surface area contributed by atoms with Gasteiger partial charge in [-0.1, -0.05) is 58.1 Å². The van der Waals surface area contributed by atoms with E-state index in [2.05, 4.69) is 30.9 Å². The van der Waals surface area contributed by atoms with Crippen molar-refractivity contribution in [3.63, 3.8) is 0 Å². The number of nitrogens with zero attached hydrogens (tertiary/aromatic N) is 1. The number of likely N-dealkylation sites (tertiary alicyclic amines) is 1. The van der Waals surface area contributed by atoms with Gasteiger partial charge in [-0.05, 0) is 31.1 Å². The average Bonchev–Trinajstić information content (AvgIpc) is 3.03. The minimum atomic E-state index is -1.21. The van der Waals surface area contributed by atoms with Crippen LogP contribution in [-0.2, 0) is 4.74 Å². The van der Waals surface area contributed by atoms with Gasteiger partial charge in [-0.25, -0.2) is 0 Å². The zero-order valence-corrected chi connectivity index (χ0v) is 16.7. The van der Waals surface area contributed by atoms with E-state index in [1.807, 2.05) is 0 Å². The Balaban J connectivity index is 2.69. The predicted octanol–water partition coefficient (Wildman–Crippen LogP) is 3.82. The molecular weight excluding hydrogens is 314 g/mol. The standard InChI is InChI=1S/C21H41NO3/c1-4-6-8-10-12-18(13-11-9-7-5-2)19-16-22(14-15-25-3)17-20(19)21(23)24/h8,10,18-21,23-24H,4-7,9,11-17H2,1-3H3. The van der Waals surface area contributed by atoms with Crippen LogP contribution in [0.2, 0.25) is 0 Å². The summed E-state index contributed by atoms with van der Waals surface area (Å²) in [5, 5.41) is 19.8. The molecule has 1 aliphatic rings. The summed E-state index contributed by atoms with van der Waals surface area (Å²) in [6.07, 6.45) is 13.1. The lowest BCUT2D eigenvalue weighted by atomic mass is 9.78. The Bertz CT molecular complexity index is 346. The summed E-state index contributed by atoms with van der Waals surface area (Å²) in [5.41, 5.74) is 0. The van der Waals surface area contributed by atoms with Crippen LogP contribution in [0.4, 0.5) is 0 Å². The number of unbranched alkanes of at least 4 members (excludes halogenated alkanes) is 4. The van der Waals surface area contributed by atoms with E-state index in [-0.39, 0.29) is 5.92 Å². The van der Waals surface area contributed by atoms with Crippen molar-refractivity contribution >= 4 is 0 Å². The lowest BCUT2D eigenvalue weighted by molar-refractivity contribution is -0.0966. The molecule has 1 saturated heterocycles. The molecule has 25 heavy (non-hydrogen) atoms. The maximum atomic E-state index is 9.91. The summed E-state index contributed by atoms with van der Waals surface area (Å²) in [4.78, 5) is 2.34. The molecule has 4 heteroatoms. The summed E-state index contributed by atoms with van der Waals surface area (Å²) in [6, 6.07) is 0.